The summed E-state index contributed by atoms with van der Waals surface area (Å²) in [5.74, 6) is -1.22. The summed E-state index contributed by atoms with van der Waals surface area (Å²) in [6, 6.07) is 13.6. The molecule has 136 valence electrons. The average molecular weight is 354 g/mol. The molecule has 3 N–H and O–H groups in total. The van der Waals surface area contributed by atoms with Gasteiger partial charge in [0.2, 0.25) is 11.8 Å². The summed E-state index contributed by atoms with van der Waals surface area (Å²) in [5, 5.41) is 14.6. The minimum absolute atomic E-state index is 0.0165. The highest BCUT2D eigenvalue weighted by Gasteiger charge is 2.07. The van der Waals surface area contributed by atoms with Crippen LogP contribution in [-0.4, -0.2) is 22.9 Å². The summed E-state index contributed by atoms with van der Waals surface area (Å²) in [4.78, 5) is 34.5. The molecule has 0 aromatic heterocycles. The Morgan fingerprint density at radius 1 is 0.962 bits per heavy atom. The average Bonchev–Trinajstić information content (AvgIpc) is 2.61. The number of anilines is 1. The second-order valence-corrected chi connectivity index (χ2v) is 5.95. The van der Waals surface area contributed by atoms with Crippen molar-refractivity contribution in [1.82, 2.24) is 5.32 Å². The molecule has 0 saturated carbocycles. The molecule has 0 aliphatic heterocycles. The third-order valence-electron chi connectivity index (χ3n) is 3.74. The fraction of sp³-hybridized carbons (Fsp3) is 0.250. The van der Waals surface area contributed by atoms with Gasteiger partial charge in [-0.3, -0.25) is 9.59 Å². The second kappa shape index (κ2) is 9.36. The molecule has 0 aliphatic carbocycles. The van der Waals surface area contributed by atoms with Crippen LogP contribution in [0.25, 0.3) is 0 Å². The monoisotopic (exact) mass is 354 g/mol. The molecular weight excluding hydrogens is 332 g/mol. The van der Waals surface area contributed by atoms with Gasteiger partial charge in [0.25, 0.3) is 0 Å². The third-order valence-corrected chi connectivity index (χ3v) is 3.74. The first kappa shape index (κ1) is 19.2. The van der Waals surface area contributed by atoms with Crippen molar-refractivity contribution in [2.24, 2.45) is 0 Å². The van der Waals surface area contributed by atoms with Gasteiger partial charge >= 0.3 is 5.97 Å². The first-order valence-electron chi connectivity index (χ1n) is 8.45. The number of hydrogen-bond acceptors (Lipinski definition) is 3. The molecule has 0 unspecified atom stereocenters. The number of rotatable bonds is 8. The van der Waals surface area contributed by atoms with E-state index in [1.807, 2.05) is 19.1 Å². The predicted octanol–water partition coefficient (Wildman–Crippen LogP) is 2.98. The topological polar surface area (TPSA) is 95.5 Å². The fourth-order valence-corrected chi connectivity index (χ4v) is 2.42. The molecular formula is C20H22N2O4. The van der Waals surface area contributed by atoms with E-state index in [0.717, 1.165) is 17.7 Å². The smallest absolute Gasteiger partial charge is 0.335 e. The van der Waals surface area contributed by atoms with Crippen molar-refractivity contribution < 1.29 is 19.5 Å². The Labute approximate surface area is 152 Å². The van der Waals surface area contributed by atoms with E-state index >= 15 is 0 Å². The zero-order chi connectivity index (χ0) is 18.9. The molecule has 0 spiro atoms. The van der Waals surface area contributed by atoms with Crippen LogP contribution in [0.1, 0.15) is 41.3 Å². The highest BCUT2D eigenvalue weighted by molar-refractivity contribution is 5.90. The lowest BCUT2D eigenvalue weighted by atomic mass is 10.1. The number of carbonyl (C=O) groups is 3. The fourth-order valence-electron chi connectivity index (χ4n) is 2.42. The summed E-state index contributed by atoms with van der Waals surface area (Å²) < 4.78 is 0. The van der Waals surface area contributed by atoms with Gasteiger partial charge in [0.1, 0.15) is 0 Å². The van der Waals surface area contributed by atoms with Gasteiger partial charge in [-0.05, 0) is 41.8 Å². The number of carbonyl (C=O) groups excluding carboxylic acids is 2. The quantitative estimate of drug-likeness (QED) is 0.679. The van der Waals surface area contributed by atoms with Crippen molar-refractivity contribution in [2.75, 3.05) is 5.32 Å². The number of carboxylic acid groups (broad SMARTS) is 1. The van der Waals surface area contributed by atoms with Gasteiger partial charge in [-0.15, -0.1) is 0 Å². The van der Waals surface area contributed by atoms with Gasteiger partial charge in [0.15, 0.2) is 0 Å². The maximum absolute atomic E-state index is 12.0. The normalized spacial score (nSPS) is 10.2. The molecule has 6 nitrogen and oxygen atoms in total. The van der Waals surface area contributed by atoms with Crippen molar-refractivity contribution in [3.63, 3.8) is 0 Å². The predicted molar refractivity (Wildman–Crippen MR) is 98.9 cm³/mol. The van der Waals surface area contributed by atoms with E-state index in [-0.39, 0.29) is 23.8 Å². The zero-order valence-electron chi connectivity index (χ0n) is 14.6. The van der Waals surface area contributed by atoms with Crippen LogP contribution in [0.5, 0.6) is 0 Å². The Kier molecular flexibility index (Phi) is 6.91. The molecule has 6 heteroatoms. The van der Waals surface area contributed by atoms with E-state index in [1.54, 1.807) is 24.3 Å². The number of benzene rings is 2. The Balaban J connectivity index is 1.84. The molecule has 0 radical (unpaired) electrons. The molecule has 0 saturated heterocycles. The van der Waals surface area contributed by atoms with Gasteiger partial charge in [-0.25, -0.2) is 4.79 Å². The van der Waals surface area contributed by atoms with Crippen LogP contribution in [0, 0.1) is 0 Å². The molecule has 2 amide bonds. The van der Waals surface area contributed by atoms with E-state index < -0.39 is 5.97 Å². The van der Waals surface area contributed by atoms with Crippen LogP contribution in [0.15, 0.2) is 48.5 Å². The minimum Gasteiger partial charge on any atom is -0.478 e. The largest absolute Gasteiger partial charge is 0.478 e. The second-order valence-electron chi connectivity index (χ2n) is 5.95. The Morgan fingerprint density at radius 2 is 1.69 bits per heavy atom. The van der Waals surface area contributed by atoms with Crippen LogP contribution < -0.4 is 10.6 Å². The van der Waals surface area contributed by atoms with Crippen molar-refractivity contribution >= 4 is 23.5 Å². The van der Waals surface area contributed by atoms with Gasteiger partial charge in [-0.1, -0.05) is 31.2 Å². The highest BCUT2D eigenvalue weighted by atomic mass is 16.4. The van der Waals surface area contributed by atoms with E-state index in [2.05, 4.69) is 10.6 Å². The summed E-state index contributed by atoms with van der Waals surface area (Å²) in [7, 11) is 0. The van der Waals surface area contributed by atoms with Gasteiger partial charge in [0, 0.05) is 18.7 Å². The molecule has 2 aromatic rings. The highest BCUT2D eigenvalue weighted by Crippen LogP contribution is 2.11. The first-order valence-corrected chi connectivity index (χ1v) is 8.45. The number of hydrogen-bond donors (Lipinski definition) is 3. The van der Waals surface area contributed by atoms with Crippen molar-refractivity contribution in [3.05, 3.63) is 65.2 Å². The Hall–Kier alpha value is -3.15. The third kappa shape index (κ3) is 6.05. The molecule has 2 rings (SSSR count). The SMILES string of the molecule is CCCC(=O)Nc1ccc(CNC(=O)Cc2cccc(C(=O)O)c2)cc1. The van der Waals surface area contributed by atoms with E-state index in [1.165, 1.54) is 12.1 Å². The maximum Gasteiger partial charge on any atom is 0.335 e. The van der Waals surface area contributed by atoms with Gasteiger partial charge < -0.3 is 15.7 Å². The first-order chi connectivity index (χ1) is 12.5. The van der Waals surface area contributed by atoms with Gasteiger partial charge in [-0.2, -0.15) is 0 Å². The molecule has 0 atom stereocenters. The van der Waals surface area contributed by atoms with Crippen molar-refractivity contribution in [2.45, 2.75) is 32.7 Å². The van der Waals surface area contributed by atoms with Crippen molar-refractivity contribution in [1.29, 1.82) is 0 Å². The molecule has 26 heavy (non-hydrogen) atoms. The minimum atomic E-state index is -1.02. The van der Waals surface area contributed by atoms with Crippen LogP contribution >= 0.6 is 0 Å². The summed E-state index contributed by atoms with van der Waals surface area (Å²) >= 11 is 0. The molecule has 0 fully saturated rings. The number of amides is 2. The van der Waals surface area contributed by atoms with Gasteiger partial charge in [0.05, 0.1) is 12.0 Å². The molecule has 0 bridgehead atoms. The zero-order valence-corrected chi connectivity index (χ0v) is 14.6. The molecule has 2 aromatic carbocycles. The van der Waals surface area contributed by atoms with E-state index in [4.69, 9.17) is 5.11 Å². The van der Waals surface area contributed by atoms with E-state index in [0.29, 0.717) is 18.5 Å². The molecule has 0 aliphatic rings. The Bertz CT molecular complexity index is 785. The Morgan fingerprint density at radius 3 is 2.35 bits per heavy atom. The number of aromatic carboxylic acids is 1. The standard InChI is InChI=1S/C20H22N2O4/c1-2-4-18(23)22-17-9-7-14(8-10-17)13-21-19(24)12-15-5-3-6-16(11-15)20(25)26/h3,5-11H,2,4,12-13H2,1H3,(H,21,24)(H,22,23)(H,25,26). The lowest BCUT2D eigenvalue weighted by Gasteiger charge is -2.08. The summed E-state index contributed by atoms with van der Waals surface area (Å²) in [6.07, 6.45) is 1.40. The van der Waals surface area contributed by atoms with E-state index in [9.17, 15) is 14.4 Å². The molecule has 0 heterocycles. The van der Waals surface area contributed by atoms with Crippen LogP contribution in [-0.2, 0) is 22.6 Å². The lowest BCUT2D eigenvalue weighted by Crippen LogP contribution is -2.24. The lowest BCUT2D eigenvalue weighted by molar-refractivity contribution is -0.120. The summed E-state index contributed by atoms with van der Waals surface area (Å²) in [5.41, 5.74) is 2.45. The van der Waals surface area contributed by atoms with Crippen LogP contribution in [0.3, 0.4) is 0 Å². The van der Waals surface area contributed by atoms with Crippen LogP contribution in [0.2, 0.25) is 0 Å². The van der Waals surface area contributed by atoms with Crippen LogP contribution in [0.4, 0.5) is 5.69 Å². The number of carboxylic acids is 1. The summed E-state index contributed by atoms with van der Waals surface area (Å²) in [6.45, 7) is 2.31. The number of nitrogens with one attached hydrogen (secondary N) is 2. The maximum atomic E-state index is 12.0. The van der Waals surface area contributed by atoms with Crippen molar-refractivity contribution in [3.8, 4) is 0 Å².